The maximum absolute atomic E-state index is 12.8. The predicted molar refractivity (Wildman–Crippen MR) is 99.3 cm³/mol. The van der Waals surface area contributed by atoms with Gasteiger partial charge < -0.3 is 4.90 Å². The molecule has 3 aromatic rings. The van der Waals surface area contributed by atoms with Crippen LogP contribution < -0.4 is 0 Å². The van der Waals surface area contributed by atoms with Gasteiger partial charge in [0.2, 0.25) is 5.91 Å². The van der Waals surface area contributed by atoms with E-state index < -0.39 is 0 Å². The number of aromatic nitrogens is 1. The smallest absolute Gasteiger partial charge is 0.229 e. The molecule has 1 aliphatic rings. The summed E-state index contributed by atoms with van der Waals surface area (Å²) in [4.78, 5) is 19.5. The van der Waals surface area contributed by atoms with Crippen LogP contribution in [0.2, 0.25) is 0 Å². The number of nitrogens with zero attached hydrogens (tertiary/aromatic N) is 2. The zero-order valence-corrected chi connectivity index (χ0v) is 14.9. The zero-order valence-electron chi connectivity index (χ0n) is 13.2. The van der Waals surface area contributed by atoms with E-state index in [-0.39, 0.29) is 11.9 Å². The monoisotopic (exact) mass is 354 g/mol. The van der Waals surface area contributed by atoms with Crippen molar-refractivity contribution in [1.29, 1.82) is 0 Å². The van der Waals surface area contributed by atoms with Crippen LogP contribution >= 0.6 is 22.7 Å². The van der Waals surface area contributed by atoms with Gasteiger partial charge in [-0.15, -0.1) is 11.3 Å². The number of amides is 1. The molecule has 0 bridgehead atoms. The molecular formula is C19H18N2OS2. The van der Waals surface area contributed by atoms with Gasteiger partial charge in [0.1, 0.15) is 5.01 Å². The maximum Gasteiger partial charge on any atom is 0.229 e. The van der Waals surface area contributed by atoms with Crippen molar-refractivity contribution in [3.8, 4) is 10.6 Å². The number of hydrogen-bond donors (Lipinski definition) is 0. The molecule has 0 aliphatic carbocycles. The molecule has 1 fully saturated rings. The van der Waals surface area contributed by atoms with Crippen LogP contribution in [-0.4, -0.2) is 22.3 Å². The van der Waals surface area contributed by atoms with Crippen molar-refractivity contribution in [3.05, 3.63) is 63.8 Å². The van der Waals surface area contributed by atoms with E-state index in [4.69, 9.17) is 0 Å². The molecule has 0 saturated carbocycles. The lowest BCUT2D eigenvalue weighted by molar-refractivity contribution is -0.131. The van der Waals surface area contributed by atoms with E-state index >= 15 is 0 Å². The summed E-state index contributed by atoms with van der Waals surface area (Å²) in [6.07, 6.45) is 2.51. The highest BCUT2D eigenvalue weighted by atomic mass is 32.1. The van der Waals surface area contributed by atoms with Crippen molar-refractivity contribution >= 4 is 28.6 Å². The number of thiophene rings is 1. The van der Waals surface area contributed by atoms with E-state index in [0.29, 0.717) is 6.42 Å². The van der Waals surface area contributed by atoms with E-state index in [0.717, 1.165) is 35.7 Å². The summed E-state index contributed by atoms with van der Waals surface area (Å²) in [5.41, 5.74) is 3.26. The summed E-state index contributed by atoms with van der Waals surface area (Å²) >= 11 is 3.28. The quantitative estimate of drug-likeness (QED) is 0.676. The second kappa shape index (κ2) is 6.87. The fourth-order valence-corrected chi connectivity index (χ4v) is 4.78. The third kappa shape index (κ3) is 3.14. The Bertz CT molecular complexity index is 811. The van der Waals surface area contributed by atoms with E-state index in [1.165, 1.54) is 5.56 Å². The molecule has 1 unspecified atom stereocenters. The molecule has 1 amide bonds. The molecule has 1 atom stereocenters. The summed E-state index contributed by atoms with van der Waals surface area (Å²) in [5.74, 6) is 0.184. The molecule has 0 N–H and O–H groups in total. The van der Waals surface area contributed by atoms with Gasteiger partial charge in [-0.3, -0.25) is 4.79 Å². The molecule has 1 aromatic carbocycles. The van der Waals surface area contributed by atoms with Crippen molar-refractivity contribution in [3.63, 3.8) is 0 Å². The molecule has 5 heteroatoms. The maximum atomic E-state index is 12.8. The topological polar surface area (TPSA) is 33.2 Å². The predicted octanol–water partition coefficient (Wildman–Crippen LogP) is 4.78. The third-order valence-electron chi connectivity index (χ3n) is 4.41. The van der Waals surface area contributed by atoms with Crippen LogP contribution in [0, 0.1) is 0 Å². The van der Waals surface area contributed by atoms with Crippen molar-refractivity contribution in [2.45, 2.75) is 25.3 Å². The molecular weight excluding hydrogens is 336 g/mol. The molecule has 4 rings (SSSR count). The Labute approximate surface area is 149 Å². The summed E-state index contributed by atoms with van der Waals surface area (Å²) in [7, 11) is 0. The number of benzene rings is 1. The first kappa shape index (κ1) is 15.5. The highest BCUT2D eigenvalue weighted by molar-refractivity contribution is 7.14. The van der Waals surface area contributed by atoms with E-state index in [1.807, 2.05) is 28.5 Å². The number of rotatable bonds is 4. The minimum absolute atomic E-state index is 0.184. The van der Waals surface area contributed by atoms with Crippen LogP contribution in [0.5, 0.6) is 0 Å². The SMILES string of the molecule is O=C(Cc1csc(-c2ccsc2)n1)N1CCCC1c1ccccc1. The Balaban J connectivity index is 1.48. The second-order valence-corrected chi connectivity index (χ2v) is 7.63. The Morgan fingerprint density at radius 2 is 2.08 bits per heavy atom. The summed E-state index contributed by atoms with van der Waals surface area (Å²) in [6.45, 7) is 0.847. The van der Waals surface area contributed by atoms with Crippen LogP contribution in [0.25, 0.3) is 10.6 Å². The molecule has 1 saturated heterocycles. The molecule has 3 nitrogen and oxygen atoms in total. The standard InChI is InChI=1S/C19H18N2OS2/c22-18(11-16-13-24-19(20-16)15-8-10-23-12-15)21-9-4-7-17(21)14-5-2-1-3-6-14/h1-3,5-6,8,10,12-13,17H,4,7,9,11H2. The Morgan fingerprint density at radius 1 is 1.21 bits per heavy atom. The first-order valence-corrected chi connectivity index (χ1v) is 9.95. The molecule has 0 spiro atoms. The zero-order chi connectivity index (χ0) is 16.4. The van der Waals surface area contributed by atoms with Crippen LogP contribution in [0.1, 0.15) is 30.1 Å². The second-order valence-electron chi connectivity index (χ2n) is 5.99. The highest BCUT2D eigenvalue weighted by Gasteiger charge is 2.30. The average molecular weight is 355 g/mol. The molecule has 1 aliphatic heterocycles. The first-order valence-electron chi connectivity index (χ1n) is 8.12. The number of carbonyl (C=O) groups is 1. The van der Waals surface area contributed by atoms with Crippen molar-refractivity contribution < 1.29 is 4.79 Å². The lowest BCUT2D eigenvalue weighted by atomic mass is 10.0. The highest BCUT2D eigenvalue weighted by Crippen LogP contribution is 2.32. The summed E-state index contributed by atoms with van der Waals surface area (Å²) in [5, 5.41) is 7.16. The van der Waals surface area contributed by atoms with Crippen molar-refractivity contribution in [2.24, 2.45) is 0 Å². The molecule has 0 radical (unpaired) electrons. The van der Waals surface area contributed by atoms with Crippen molar-refractivity contribution in [1.82, 2.24) is 9.88 Å². The Kier molecular flexibility index (Phi) is 4.45. The number of carbonyl (C=O) groups excluding carboxylic acids is 1. The summed E-state index contributed by atoms with van der Waals surface area (Å²) < 4.78 is 0. The third-order valence-corrected chi connectivity index (χ3v) is 6.03. The largest absolute Gasteiger partial charge is 0.335 e. The van der Waals surface area contributed by atoms with Gasteiger partial charge in [-0.25, -0.2) is 4.98 Å². The van der Waals surface area contributed by atoms with Gasteiger partial charge >= 0.3 is 0 Å². The Hall–Kier alpha value is -1.98. The van der Waals surface area contributed by atoms with Crippen LogP contribution in [-0.2, 0) is 11.2 Å². The fraction of sp³-hybridized carbons (Fsp3) is 0.263. The summed E-state index contributed by atoms with van der Waals surface area (Å²) in [6, 6.07) is 12.6. The van der Waals surface area contributed by atoms with E-state index in [9.17, 15) is 4.79 Å². The minimum atomic E-state index is 0.184. The molecule has 122 valence electrons. The Morgan fingerprint density at radius 3 is 2.88 bits per heavy atom. The van der Waals surface area contributed by atoms with Crippen molar-refractivity contribution in [2.75, 3.05) is 6.54 Å². The lowest BCUT2D eigenvalue weighted by Gasteiger charge is -2.25. The van der Waals surface area contributed by atoms with E-state index in [2.05, 4.69) is 33.9 Å². The molecule has 2 aromatic heterocycles. The number of thiazole rings is 1. The fourth-order valence-electron chi connectivity index (χ4n) is 3.25. The number of likely N-dealkylation sites (tertiary alicyclic amines) is 1. The van der Waals surface area contributed by atoms with Gasteiger partial charge in [-0.1, -0.05) is 30.3 Å². The van der Waals surface area contributed by atoms with Crippen LogP contribution in [0.15, 0.2) is 52.5 Å². The van der Waals surface area contributed by atoms with Crippen LogP contribution in [0.4, 0.5) is 0 Å². The van der Waals surface area contributed by atoms with Crippen LogP contribution in [0.3, 0.4) is 0 Å². The number of hydrogen-bond acceptors (Lipinski definition) is 4. The minimum Gasteiger partial charge on any atom is -0.335 e. The van der Waals surface area contributed by atoms with Gasteiger partial charge in [0, 0.05) is 22.9 Å². The lowest BCUT2D eigenvalue weighted by Crippen LogP contribution is -2.31. The van der Waals surface area contributed by atoms with Gasteiger partial charge in [0.15, 0.2) is 0 Å². The van der Waals surface area contributed by atoms with Gasteiger partial charge in [-0.2, -0.15) is 11.3 Å². The molecule has 24 heavy (non-hydrogen) atoms. The normalized spacial score (nSPS) is 17.3. The van der Waals surface area contributed by atoms with Gasteiger partial charge in [0.25, 0.3) is 0 Å². The molecule has 3 heterocycles. The first-order chi connectivity index (χ1) is 11.8. The average Bonchev–Trinajstić information content (AvgIpc) is 3.36. The van der Waals surface area contributed by atoms with Gasteiger partial charge in [0.05, 0.1) is 18.2 Å². The van der Waals surface area contributed by atoms with Gasteiger partial charge in [-0.05, 0) is 29.9 Å². The van der Waals surface area contributed by atoms with E-state index in [1.54, 1.807) is 22.7 Å².